The summed E-state index contributed by atoms with van der Waals surface area (Å²) in [5, 5.41) is 12.4. The lowest BCUT2D eigenvalue weighted by Gasteiger charge is -2.11. The Bertz CT molecular complexity index is 1180. The van der Waals surface area contributed by atoms with Gasteiger partial charge >= 0.3 is 5.69 Å². The highest BCUT2D eigenvalue weighted by atomic mass is 35.5. The Morgan fingerprint density at radius 1 is 1.11 bits per heavy atom. The zero-order chi connectivity index (χ0) is 20.0. The van der Waals surface area contributed by atoms with Crippen molar-refractivity contribution in [2.45, 2.75) is 18.8 Å². The summed E-state index contributed by atoms with van der Waals surface area (Å²) in [4.78, 5) is 25.7. The van der Waals surface area contributed by atoms with Crippen LogP contribution in [-0.4, -0.2) is 25.0 Å². The van der Waals surface area contributed by atoms with Crippen LogP contribution in [0.4, 0.5) is 0 Å². The van der Waals surface area contributed by atoms with Crippen LogP contribution >= 0.6 is 34.8 Å². The van der Waals surface area contributed by atoms with E-state index in [4.69, 9.17) is 39.5 Å². The van der Waals surface area contributed by atoms with Crippen molar-refractivity contribution in [3.05, 3.63) is 59.8 Å². The molecular weight excluding hydrogens is 429 g/mol. The van der Waals surface area contributed by atoms with Crippen molar-refractivity contribution in [3.63, 3.8) is 0 Å². The molecule has 0 aliphatic heterocycles. The third-order valence-corrected chi connectivity index (χ3v) is 5.08. The van der Waals surface area contributed by atoms with Crippen LogP contribution in [0.2, 0.25) is 15.2 Å². The fraction of sp³-hybridized carbons (Fsp3) is 0.235. The molecule has 0 atom stereocenters. The molecule has 4 rings (SSSR count). The lowest BCUT2D eigenvalue weighted by molar-refractivity contribution is 0.454. The monoisotopic (exact) mass is 439 g/mol. The van der Waals surface area contributed by atoms with Crippen LogP contribution < -0.4 is 16.0 Å². The van der Waals surface area contributed by atoms with Gasteiger partial charge in [0, 0.05) is 18.7 Å². The predicted octanol–water partition coefficient (Wildman–Crippen LogP) is 3.56. The first-order chi connectivity index (χ1) is 13.3. The molecule has 0 saturated heterocycles. The van der Waals surface area contributed by atoms with Crippen LogP contribution in [0.25, 0.3) is 11.3 Å². The molecule has 144 valence electrons. The highest BCUT2D eigenvalue weighted by molar-refractivity contribution is 6.37. The van der Waals surface area contributed by atoms with Gasteiger partial charge in [0.25, 0.3) is 5.56 Å². The van der Waals surface area contributed by atoms with Gasteiger partial charge in [-0.05, 0) is 36.5 Å². The predicted molar refractivity (Wildman–Crippen MR) is 105 cm³/mol. The number of halogens is 3. The number of nitrogens with one attached hydrogen (secondary N) is 1. The maximum atomic E-state index is 12.1. The van der Waals surface area contributed by atoms with E-state index in [1.807, 2.05) is 0 Å². The topological polar surface area (TPSA) is 103 Å². The second kappa shape index (κ2) is 7.20. The number of H-pyrrole nitrogens is 1. The third-order valence-electron chi connectivity index (χ3n) is 4.23. The van der Waals surface area contributed by atoms with Gasteiger partial charge in [-0.25, -0.2) is 9.48 Å². The van der Waals surface area contributed by atoms with E-state index in [0.717, 1.165) is 23.1 Å². The number of aromatic nitrogens is 5. The molecule has 0 bridgehead atoms. The largest absolute Gasteiger partial charge is 0.434 e. The molecule has 1 fully saturated rings. The van der Waals surface area contributed by atoms with Crippen LogP contribution in [0, 0.1) is 0 Å². The van der Waals surface area contributed by atoms with Gasteiger partial charge < -0.3 is 4.74 Å². The summed E-state index contributed by atoms with van der Waals surface area (Å²) >= 11 is 18.7. The zero-order valence-electron chi connectivity index (χ0n) is 14.4. The first-order valence-electron chi connectivity index (χ1n) is 8.21. The maximum Gasteiger partial charge on any atom is 0.344 e. The minimum atomic E-state index is -0.651. The summed E-state index contributed by atoms with van der Waals surface area (Å²) in [7, 11) is 1.42. The van der Waals surface area contributed by atoms with Gasteiger partial charge in [-0.1, -0.05) is 34.8 Å². The molecule has 3 aromatic rings. The van der Waals surface area contributed by atoms with Crippen molar-refractivity contribution in [2.75, 3.05) is 0 Å². The van der Waals surface area contributed by atoms with Gasteiger partial charge in [0.2, 0.25) is 5.88 Å². The van der Waals surface area contributed by atoms with Gasteiger partial charge in [-0.3, -0.25) is 9.78 Å². The molecule has 2 aromatic heterocycles. The summed E-state index contributed by atoms with van der Waals surface area (Å²) in [6, 6.07) is 4.65. The number of aryl methyl sites for hydroxylation is 1. The van der Waals surface area contributed by atoms with Crippen LogP contribution in [0.5, 0.6) is 11.6 Å². The quantitative estimate of drug-likeness (QED) is 0.665. The molecule has 1 aliphatic carbocycles. The number of hydrogen-bond donors (Lipinski definition) is 1. The molecule has 1 aliphatic rings. The van der Waals surface area contributed by atoms with E-state index in [1.54, 1.807) is 6.07 Å². The molecule has 1 saturated carbocycles. The van der Waals surface area contributed by atoms with E-state index in [1.165, 1.54) is 19.2 Å². The number of benzene rings is 1. The minimum absolute atomic E-state index is 0.000228. The summed E-state index contributed by atoms with van der Waals surface area (Å²) in [6.07, 6.45) is 2.09. The molecule has 0 radical (unpaired) electrons. The fourth-order valence-corrected chi connectivity index (χ4v) is 3.48. The van der Waals surface area contributed by atoms with E-state index in [0.29, 0.717) is 16.6 Å². The van der Waals surface area contributed by atoms with Gasteiger partial charge in [-0.15, -0.1) is 10.2 Å². The van der Waals surface area contributed by atoms with Gasteiger partial charge in [0.05, 0.1) is 10.0 Å². The smallest absolute Gasteiger partial charge is 0.344 e. The summed E-state index contributed by atoms with van der Waals surface area (Å²) in [5.74, 6) is 0.730. The fourth-order valence-electron chi connectivity index (χ4n) is 2.67. The standard InChI is InChI=1S/C17H12Cl3N5O3/c1-25-17(27)21-16(26)13(24-25)8-4-10(18)14(11(19)5-8)28-12-6-9(7-2-3-7)15(20)23-22-12/h4-7H,2-3H2,1H3,(H,21,26,27). The zero-order valence-corrected chi connectivity index (χ0v) is 16.6. The molecule has 28 heavy (non-hydrogen) atoms. The average Bonchev–Trinajstić information content (AvgIpc) is 3.47. The van der Waals surface area contributed by atoms with Crippen LogP contribution in [0.1, 0.15) is 24.3 Å². The molecule has 1 aromatic carbocycles. The van der Waals surface area contributed by atoms with E-state index < -0.39 is 11.2 Å². The molecule has 0 spiro atoms. The normalized spacial score (nSPS) is 13.6. The van der Waals surface area contributed by atoms with Crippen LogP contribution in [0.3, 0.4) is 0 Å². The molecule has 2 heterocycles. The van der Waals surface area contributed by atoms with Crippen molar-refractivity contribution in [1.29, 1.82) is 0 Å². The second-order valence-corrected chi connectivity index (χ2v) is 7.48. The highest BCUT2D eigenvalue weighted by Crippen LogP contribution is 2.44. The molecule has 8 nitrogen and oxygen atoms in total. The van der Waals surface area contributed by atoms with E-state index in [-0.39, 0.29) is 27.4 Å². The Balaban J connectivity index is 1.71. The molecule has 1 N–H and O–H groups in total. The van der Waals surface area contributed by atoms with Gasteiger partial charge in [0.15, 0.2) is 16.6 Å². The Morgan fingerprint density at radius 3 is 2.43 bits per heavy atom. The Kier molecular flexibility index (Phi) is 4.86. The average molecular weight is 441 g/mol. The number of hydrogen-bond acceptors (Lipinski definition) is 6. The van der Waals surface area contributed by atoms with Crippen LogP contribution in [-0.2, 0) is 7.05 Å². The van der Waals surface area contributed by atoms with E-state index in [9.17, 15) is 9.59 Å². The molecule has 11 heteroatoms. The Hall–Kier alpha value is -2.42. The van der Waals surface area contributed by atoms with Crippen molar-refractivity contribution in [2.24, 2.45) is 7.05 Å². The van der Waals surface area contributed by atoms with Crippen LogP contribution in [0.15, 0.2) is 27.8 Å². The highest BCUT2D eigenvalue weighted by Gasteiger charge is 2.27. The molecule has 0 unspecified atom stereocenters. The third kappa shape index (κ3) is 3.63. The summed E-state index contributed by atoms with van der Waals surface area (Å²) in [6.45, 7) is 0. The first-order valence-corrected chi connectivity index (χ1v) is 9.35. The second-order valence-electron chi connectivity index (χ2n) is 6.31. The van der Waals surface area contributed by atoms with Crippen molar-refractivity contribution in [3.8, 4) is 22.9 Å². The molecular formula is C17H12Cl3N5O3. The van der Waals surface area contributed by atoms with Crippen molar-refractivity contribution >= 4 is 34.8 Å². The summed E-state index contributed by atoms with van der Waals surface area (Å²) in [5.41, 5.74) is -0.0727. The van der Waals surface area contributed by atoms with Crippen molar-refractivity contribution in [1.82, 2.24) is 25.0 Å². The Labute approximate surface area is 173 Å². The van der Waals surface area contributed by atoms with E-state index >= 15 is 0 Å². The SMILES string of the molecule is Cn1nc(-c2cc(Cl)c(Oc3cc(C4CC4)c(Cl)nn3)c(Cl)c2)c(=O)[nH]c1=O. The maximum absolute atomic E-state index is 12.1. The number of ether oxygens (including phenoxy) is 1. The lowest BCUT2D eigenvalue weighted by Crippen LogP contribution is -2.31. The number of aromatic amines is 1. The number of nitrogens with zero attached hydrogens (tertiary/aromatic N) is 4. The molecule has 0 amide bonds. The minimum Gasteiger partial charge on any atom is -0.434 e. The van der Waals surface area contributed by atoms with Crippen molar-refractivity contribution < 1.29 is 4.74 Å². The van der Waals surface area contributed by atoms with Gasteiger partial charge in [0.1, 0.15) is 0 Å². The van der Waals surface area contributed by atoms with Gasteiger partial charge in [-0.2, -0.15) is 5.10 Å². The Morgan fingerprint density at radius 2 is 1.79 bits per heavy atom. The number of rotatable bonds is 4. The summed E-state index contributed by atoms with van der Waals surface area (Å²) < 4.78 is 6.73. The lowest BCUT2D eigenvalue weighted by atomic mass is 10.1. The first kappa shape index (κ1) is 18.9. The van der Waals surface area contributed by atoms with E-state index in [2.05, 4.69) is 20.3 Å².